The van der Waals surface area contributed by atoms with Gasteiger partial charge in [0, 0.05) is 6.42 Å². The molecule has 0 amide bonds. The minimum absolute atomic E-state index is 0. The Morgan fingerprint density at radius 1 is 0.586 bits per heavy atom. The number of hydrogen-bond donors (Lipinski definition) is 1. The van der Waals surface area contributed by atoms with Crippen LogP contribution < -0.4 is 0 Å². The van der Waals surface area contributed by atoms with E-state index < -0.39 is 5.97 Å². The maximum absolute atomic E-state index is 10.3. The number of carboxylic acids is 1. The number of rotatable bonds is 20. The second-order valence-corrected chi connectivity index (χ2v) is 8.60. The van der Waals surface area contributed by atoms with Crippen molar-refractivity contribution in [2.24, 2.45) is 0 Å². The van der Waals surface area contributed by atoms with Crippen LogP contribution in [0.2, 0.25) is 0 Å². The lowest BCUT2D eigenvalue weighted by Gasteiger charge is -2.06. The highest BCUT2D eigenvalue weighted by atomic mass is 35.5. The maximum atomic E-state index is 10.3. The third kappa shape index (κ3) is 38.9. The maximum Gasteiger partial charge on any atom is 0.303 e. The molecule has 178 valence electrons. The van der Waals surface area contributed by atoms with Gasteiger partial charge in [-0.1, -0.05) is 117 Å². The van der Waals surface area contributed by atoms with Crippen molar-refractivity contribution in [1.82, 2.24) is 4.90 Å². The summed E-state index contributed by atoms with van der Waals surface area (Å²) in [7, 11) is 4.24. The molecule has 0 atom stereocenters. The van der Waals surface area contributed by atoms with Gasteiger partial charge in [-0.05, 0) is 33.5 Å². The van der Waals surface area contributed by atoms with E-state index in [0.717, 1.165) is 12.8 Å². The van der Waals surface area contributed by atoms with Crippen molar-refractivity contribution in [1.29, 1.82) is 0 Å². The molecule has 0 aromatic heterocycles. The van der Waals surface area contributed by atoms with Crippen molar-refractivity contribution in [3.63, 3.8) is 0 Å². The van der Waals surface area contributed by atoms with Crippen LogP contribution in [0.15, 0.2) is 0 Å². The molecule has 0 unspecified atom stereocenters. The fraction of sp³-hybridized carbons (Fsp3) is 0.960. The zero-order valence-corrected chi connectivity index (χ0v) is 21.2. The Bertz CT molecular complexity index is 299. The van der Waals surface area contributed by atoms with Crippen molar-refractivity contribution < 1.29 is 9.90 Å². The quantitative estimate of drug-likeness (QED) is 0.195. The first-order valence-electron chi connectivity index (χ1n) is 12.4. The summed E-state index contributed by atoms with van der Waals surface area (Å²) in [5, 5.41) is 8.52. The largest absolute Gasteiger partial charge is 0.481 e. The zero-order chi connectivity index (χ0) is 21.3. The monoisotopic (exact) mass is 435 g/mol. The molecular weight excluding hydrogens is 382 g/mol. The number of halogens is 1. The van der Waals surface area contributed by atoms with E-state index in [-0.39, 0.29) is 12.4 Å². The molecule has 0 aliphatic heterocycles. The molecule has 3 nitrogen and oxygen atoms in total. The molecule has 0 spiro atoms. The summed E-state index contributed by atoms with van der Waals surface area (Å²) < 4.78 is 0. The number of carboxylic acid groups (broad SMARTS) is 1. The number of nitrogens with zero attached hydrogens (tertiary/aromatic N) is 1. The van der Waals surface area contributed by atoms with Crippen LogP contribution in [0.4, 0.5) is 0 Å². The third-order valence-corrected chi connectivity index (χ3v) is 5.20. The van der Waals surface area contributed by atoms with E-state index in [9.17, 15) is 4.79 Å². The lowest BCUT2D eigenvalue weighted by atomic mass is 10.0. The fourth-order valence-electron chi connectivity index (χ4n) is 3.33. The molecule has 0 aromatic carbocycles. The van der Waals surface area contributed by atoms with E-state index >= 15 is 0 Å². The molecule has 4 heteroatoms. The first-order valence-corrected chi connectivity index (χ1v) is 12.4. The van der Waals surface area contributed by atoms with Gasteiger partial charge in [-0.3, -0.25) is 4.79 Å². The fourth-order valence-corrected chi connectivity index (χ4v) is 3.33. The molecule has 29 heavy (non-hydrogen) atoms. The SMILES string of the molecule is CCCCCCCCCCCCCCCCCC(=O)O.CCCCCN(C)C.Cl. The molecule has 0 saturated carbocycles. The summed E-state index contributed by atoms with van der Waals surface area (Å²) in [5.74, 6) is -0.653. The van der Waals surface area contributed by atoms with Gasteiger partial charge >= 0.3 is 5.97 Å². The summed E-state index contributed by atoms with van der Waals surface area (Å²) in [6.07, 6.45) is 24.3. The van der Waals surface area contributed by atoms with E-state index in [2.05, 4.69) is 32.8 Å². The van der Waals surface area contributed by atoms with Crippen LogP contribution in [0, 0.1) is 0 Å². The third-order valence-electron chi connectivity index (χ3n) is 5.20. The second kappa shape index (κ2) is 29.9. The Balaban J connectivity index is -0.000000636. The van der Waals surface area contributed by atoms with Crippen LogP contribution in [-0.4, -0.2) is 36.6 Å². The van der Waals surface area contributed by atoms with Crippen LogP contribution in [0.25, 0.3) is 0 Å². The molecular formula is C25H54ClNO2. The van der Waals surface area contributed by atoms with Gasteiger partial charge < -0.3 is 10.0 Å². The Morgan fingerprint density at radius 2 is 0.897 bits per heavy atom. The van der Waals surface area contributed by atoms with Crippen LogP contribution in [0.3, 0.4) is 0 Å². The zero-order valence-electron chi connectivity index (χ0n) is 20.4. The van der Waals surface area contributed by atoms with Crippen molar-refractivity contribution >= 4 is 18.4 Å². The van der Waals surface area contributed by atoms with Gasteiger partial charge in [0.1, 0.15) is 0 Å². The standard InChI is InChI=1S/C18H36O2.C7H17N.ClH/c1-2-3-4-5-6-7-8-9-10-11-12-13-14-15-16-17-18(19)20;1-4-5-6-7-8(2)3;/h2-17H2,1H3,(H,19,20);4-7H2,1-3H3;1H. The molecule has 0 radical (unpaired) electrons. The lowest BCUT2D eigenvalue weighted by molar-refractivity contribution is -0.137. The van der Waals surface area contributed by atoms with Crippen LogP contribution in [0.5, 0.6) is 0 Å². The molecule has 0 aliphatic carbocycles. The molecule has 0 fully saturated rings. The number of hydrogen-bond acceptors (Lipinski definition) is 2. The number of unbranched alkanes of at least 4 members (excludes halogenated alkanes) is 16. The van der Waals surface area contributed by atoms with E-state index in [0.29, 0.717) is 6.42 Å². The van der Waals surface area contributed by atoms with E-state index in [1.54, 1.807) is 0 Å². The van der Waals surface area contributed by atoms with Crippen LogP contribution >= 0.6 is 12.4 Å². The van der Waals surface area contributed by atoms with E-state index in [1.165, 1.54) is 109 Å². The lowest BCUT2D eigenvalue weighted by Crippen LogP contribution is -2.12. The Hall–Kier alpha value is -0.280. The van der Waals surface area contributed by atoms with Crippen molar-refractivity contribution in [2.75, 3.05) is 20.6 Å². The molecule has 0 rings (SSSR count). The van der Waals surface area contributed by atoms with Crippen LogP contribution in [-0.2, 0) is 4.79 Å². The van der Waals surface area contributed by atoms with Crippen molar-refractivity contribution in [2.45, 2.75) is 136 Å². The van der Waals surface area contributed by atoms with Gasteiger partial charge in [0.05, 0.1) is 0 Å². The van der Waals surface area contributed by atoms with Gasteiger partial charge in [-0.2, -0.15) is 0 Å². The number of carbonyl (C=O) groups is 1. The minimum Gasteiger partial charge on any atom is -0.481 e. The molecule has 0 heterocycles. The summed E-state index contributed by atoms with van der Waals surface area (Å²) in [6.45, 7) is 5.75. The topological polar surface area (TPSA) is 40.5 Å². The Kier molecular flexibility index (Phi) is 34.4. The summed E-state index contributed by atoms with van der Waals surface area (Å²) >= 11 is 0. The normalized spacial score (nSPS) is 10.4. The molecule has 0 aromatic rings. The van der Waals surface area contributed by atoms with Crippen molar-refractivity contribution in [3.05, 3.63) is 0 Å². The molecule has 0 aliphatic rings. The summed E-state index contributed by atoms with van der Waals surface area (Å²) in [4.78, 5) is 12.6. The minimum atomic E-state index is -0.653. The first kappa shape index (κ1) is 33.4. The average molecular weight is 436 g/mol. The molecule has 1 N–H and O–H groups in total. The molecule has 0 saturated heterocycles. The summed E-state index contributed by atoms with van der Waals surface area (Å²) in [6, 6.07) is 0. The van der Waals surface area contributed by atoms with Gasteiger partial charge in [0.25, 0.3) is 0 Å². The predicted octanol–water partition coefficient (Wildman–Crippen LogP) is 8.49. The number of aliphatic carboxylic acids is 1. The highest BCUT2D eigenvalue weighted by Crippen LogP contribution is 2.13. The van der Waals surface area contributed by atoms with Crippen LogP contribution in [0.1, 0.15) is 136 Å². The smallest absolute Gasteiger partial charge is 0.303 e. The highest BCUT2D eigenvalue weighted by molar-refractivity contribution is 5.85. The predicted molar refractivity (Wildman–Crippen MR) is 133 cm³/mol. The van der Waals surface area contributed by atoms with Gasteiger partial charge in [-0.25, -0.2) is 0 Å². The van der Waals surface area contributed by atoms with Gasteiger partial charge in [-0.15, -0.1) is 12.4 Å². The second-order valence-electron chi connectivity index (χ2n) is 8.60. The van der Waals surface area contributed by atoms with Crippen molar-refractivity contribution in [3.8, 4) is 0 Å². The highest BCUT2D eigenvalue weighted by Gasteiger charge is 1.97. The van der Waals surface area contributed by atoms with Gasteiger partial charge in [0.15, 0.2) is 0 Å². The van der Waals surface area contributed by atoms with Gasteiger partial charge in [0.2, 0.25) is 0 Å². The van der Waals surface area contributed by atoms with E-state index in [4.69, 9.17) is 5.11 Å². The van der Waals surface area contributed by atoms with E-state index in [1.807, 2.05) is 0 Å². The average Bonchev–Trinajstić information content (AvgIpc) is 2.65. The Labute approximate surface area is 189 Å². The summed E-state index contributed by atoms with van der Waals surface area (Å²) in [5.41, 5.74) is 0. The Morgan fingerprint density at radius 3 is 1.21 bits per heavy atom. The first-order chi connectivity index (χ1) is 13.5. The molecule has 0 bridgehead atoms.